The van der Waals surface area contributed by atoms with Gasteiger partial charge in [-0.2, -0.15) is 0 Å². The highest BCUT2D eigenvalue weighted by Crippen LogP contribution is 2.39. The Morgan fingerprint density at radius 2 is 1.79 bits per heavy atom. The van der Waals surface area contributed by atoms with E-state index in [9.17, 15) is 23.9 Å². The minimum absolute atomic E-state index is 0.0112. The summed E-state index contributed by atoms with van der Waals surface area (Å²) < 4.78 is 13.9. The molecule has 2 N–H and O–H groups in total. The Balaban J connectivity index is 2.10. The number of halogens is 1. The van der Waals surface area contributed by atoms with Crippen LogP contribution in [0.3, 0.4) is 0 Å². The van der Waals surface area contributed by atoms with Crippen molar-refractivity contribution in [3.63, 3.8) is 0 Å². The van der Waals surface area contributed by atoms with Crippen molar-refractivity contribution in [2.24, 2.45) is 0 Å². The van der Waals surface area contributed by atoms with E-state index in [0.29, 0.717) is 11.1 Å². The molecular weight excluding hydrogens is 377 g/mol. The lowest BCUT2D eigenvalue weighted by Gasteiger charge is -2.25. The molecule has 0 aliphatic carbocycles. The van der Waals surface area contributed by atoms with Crippen LogP contribution in [0.5, 0.6) is 0 Å². The quantitative estimate of drug-likeness (QED) is 0.442. The summed E-state index contributed by atoms with van der Waals surface area (Å²) in [6.07, 6.45) is -0.0599. The van der Waals surface area contributed by atoms with E-state index < -0.39 is 29.5 Å². The van der Waals surface area contributed by atoms with Gasteiger partial charge in [-0.05, 0) is 31.0 Å². The van der Waals surface area contributed by atoms with Crippen LogP contribution in [0.15, 0.2) is 54.1 Å². The Bertz CT molecular complexity index is 997. The molecule has 0 unspecified atom stereocenters. The number of hydrogen-bond donors (Lipinski definition) is 2. The number of benzene rings is 2. The van der Waals surface area contributed by atoms with Gasteiger partial charge in [-0.1, -0.05) is 42.0 Å². The van der Waals surface area contributed by atoms with E-state index >= 15 is 0 Å². The Hall–Kier alpha value is -3.48. The maximum absolute atomic E-state index is 13.9. The fourth-order valence-corrected chi connectivity index (χ4v) is 3.40. The van der Waals surface area contributed by atoms with Gasteiger partial charge in [-0.3, -0.25) is 14.4 Å². The molecule has 0 saturated carbocycles. The van der Waals surface area contributed by atoms with Crippen LogP contribution in [0.2, 0.25) is 0 Å². The molecule has 1 fully saturated rings. The van der Waals surface area contributed by atoms with Gasteiger partial charge in [0.15, 0.2) is 0 Å². The minimum Gasteiger partial charge on any atom is -0.507 e. The molecule has 1 amide bonds. The number of aryl methyl sites for hydroxylation is 1. The average molecular weight is 397 g/mol. The molecule has 0 aromatic heterocycles. The van der Waals surface area contributed by atoms with Crippen molar-refractivity contribution in [3.8, 4) is 0 Å². The summed E-state index contributed by atoms with van der Waals surface area (Å²) >= 11 is 0. The van der Waals surface area contributed by atoms with E-state index in [4.69, 9.17) is 5.11 Å². The zero-order valence-corrected chi connectivity index (χ0v) is 15.8. The number of carbonyl (C=O) groups is 3. The van der Waals surface area contributed by atoms with Crippen LogP contribution in [0, 0.1) is 12.7 Å². The fraction of sp³-hybridized carbons (Fsp3) is 0.227. The molecule has 1 aliphatic rings. The predicted molar refractivity (Wildman–Crippen MR) is 103 cm³/mol. The topological polar surface area (TPSA) is 94.9 Å². The molecule has 150 valence electrons. The van der Waals surface area contributed by atoms with Crippen LogP contribution in [-0.2, 0) is 14.4 Å². The van der Waals surface area contributed by atoms with Crippen molar-refractivity contribution in [3.05, 3.63) is 76.6 Å². The minimum atomic E-state index is -1.02. The molecule has 1 atom stereocenters. The maximum Gasteiger partial charge on any atom is 0.303 e. The normalized spacial score (nSPS) is 18.3. The second-order valence-electron chi connectivity index (χ2n) is 6.91. The molecular formula is C22H20FNO5. The highest BCUT2D eigenvalue weighted by Gasteiger charge is 2.45. The second kappa shape index (κ2) is 8.26. The van der Waals surface area contributed by atoms with Gasteiger partial charge >= 0.3 is 5.97 Å². The summed E-state index contributed by atoms with van der Waals surface area (Å²) in [5.41, 5.74) is 1.51. The van der Waals surface area contributed by atoms with Gasteiger partial charge in [0.2, 0.25) is 0 Å². The number of likely N-dealkylation sites (tertiary alicyclic amines) is 1. The van der Waals surface area contributed by atoms with Gasteiger partial charge in [-0.25, -0.2) is 4.39 Å². The first-order valence-electron chi connectivity index (χ1n) is 9.12. The van der Waals surface area contributed by atoms with Crippen molar-refractivity contribution in [2.75, 3.05) is 6.54 Å². The number of amides is 1. The standard InChI is InChI=1S/C22H20FNO5/c1-13-7-9-14(10-8-13)20(27)18-19(15-4-2-5-16(23)12-15)24(22(29)21(18)28)11-3-6-17(25)26/h2,4-5,7-10,12,19,27H,3,6,11H2,1H3,(H,25,26)/b20-18+/t19-/m1/s1. The molecule has 0 radical (unpaired) electrons. The number of aliphatic carboxylic acids is 1. The monoisotopic (exact) mass is 397 g/mol. The number of aliphatic hydroxyl groups excluding tert-OH is 1. The molecule has 1 aliphatic heterocycles. The molecule has 1 saturated heterocycles. The molecule has 6 nitrogen and oxygen atoms in total. The van der Waals surface area contributed by atoms with Gasteiger partial charge in [0.05, 0.1) is 11.6 Å². The number of nitrogens with zero attached hydrogens (tertiary/aromatic N) is 1. The summed E-state index contributed by atoms with van der Waals surface area (Å²) in [4.78, 5) is 37.4. The van der Waals surface area contributed by atoms with Crippen LogP contribution in [0.4, 0.5) is 4.39 Å². The fourth-order valence-electron chi connectivity index (χ4n) is 3.40. The van der Waals surface area contributed by atoms with Crippen molar-refractivity contribution < 1.29 is 29.0 Å². The Morgan fingerprint density at radius 3 is 2.41 bits per heavy atom. The van der Waals surface area contributed by atoms with Crippen molar-refractivity contribution in [2.45, 2.75) is 25.8 Å². The molecule has 0 spiro atoms. The smallest absolute Gasteiger partial charge is 0.303 e. The first kappa shape index (κ1) is 20.3. The first-order chi connectivity index (χ1) is 13.8. The largest absolute Gasteiger partial charge is 0.507 e. The third-order valence-corrected chi connectivity index (χ3v) is 4.82. The number of Topliss-reactive ketones (excluding diaryl/α,β-unsaturated/α-hetero) is 1. The summed E-state index contributed by atoms with van der Waals surface area (Å²) in [6.45, 7) is 1.86. The van der Waals surface area contributed by atoms with Crippen LogP contribution >= 0.6 is 0 Å². The van der Waals surface area contributed by atoms with Crippen LogP contribution < -0.4 is 0 Å². The van der Waals surface area contributed by atoms with Gasteiger partial charge in [0.25, 0.3) is 11.7 Å². The van der Waals surface area contributed by atoms with Gasteiger partial charge in [0.1, 0.15) is 11.6 Å². The van der Waals surface area contributed by atoms with E-state index in [1.54, 1.807) is 30.3 Å². The lowest BCUT2D eigenvalue weighted by Crippen LogP contribution is -2.31. The number of carbonyl (C=O) groups excluding carboxylic acids is 2. The molecule has 1 heterocycles. The average Bonchev–Trinajstić information content (AvgIpc) is 2.93. The van der Waals surface area contributed by atoms with Crippen LogP contribution in [-0.4, -0.2) is 39.3 Å². The third kappa shape index (κ3) is 4.18. The SMILES string of the molecule is Cc1ccc(/C(O)=C2\C(=O)C(=O)N(CCCC(=O)O)[C@@H]2c2cccc(F)c2)cc1. The first-order valence-corrected chi connectivity index (χ1v) is 9.12. The Labute approximate surface area is 166 Å². The van der Waals surface area contributed by atoms with Crippen LogP contribution in [0.25, 0.3) is 5.76 Å². The van der Waals surface area contributed by atoms with Crippen molar-refractivity contribution >= 4 is 23.4 Å². The Morgan fingerprint density at radius 1 is 1.10 bits per heavy atom. The van der Waals surface area contributed by atoms with Crippen molar-refractivity contribution in [1.82, 2.24) is 4.90 Å². The molecule has 7 heteroatoms. The third-order valence-electron chi connectivity index (χ3n) is 4.82. The van der Waals surface area contributed by atoms with E-state index in [1.165, 1.54) is 23.1 Å². The number of carboxylic acids is 1. The van der Waals surface area contributed by atoms with E-state index in [0.717, 1.165) is 5.56 Å². The molecule has 0 bridgehead atoms. The summed E-state index contributed by atoms with van der Waals surface area (Å²) in [6, 6.07) is 11.2. The summed E-state index contributed by atoms with van der Waals surface area (Å²) in [7, 11) is 0. The lowest BCUT2D eigenvalue weighted by atomic mass is 9.95. The molecule has 2 aromatic carbocycles. The molecule has 3 rings (SSSR count). The number of aliphatic hydroxyl groups is 1. The number of hydrogen-bond acceptors (Lipinski definition) is 4. The summed E-state index contributed by atoms with van der Waals surface area (Å²) in [5, 5.41) is 19.7. The zero-order chi connectivity index (χ0) is 21.1. The highest BCUT2D eigenvalue weighted by molar-refractivity contribution is 6.46. The second-order valence-corrected chi connectivity index (χ2v) is 6.91. The summed E-state index contributed by atoms with van der Waals surface area (Å²) in [5.74, 6) is -3.65. The zero-order valence-electron chi connectivity index (χ0n) is 15.8. The van der Waals surface area contributed by atoms with E-state index in [-0.39, 0.29) is 30.7 Å². The highest BCUT2D eigenvalue weighted by atomic mass is 19.1. The van der Waals surface area contributed by atoms with Crippen molar-refractivity contribution in [1.29, 1.82) is 0 Å². The molecule has 29 heavy (non-hydrogen) atoms. The number of rotatable bonds is 6. The maximum atomic E-state index is 13.9. The Kier molecular flexibility index (Phi) is 5.77. The molecule has 2 aromatic rings. The van der Waals surface area contributed by atoms with E-state index in [2.05, 4.69) is 0 Å². The van der Waals surface area contributed by atoms with Crippen LogP contribution in [0.1, 0.15) is 35.6 Å². The number of ketones is 1. The number of carboxylic acid groups (broad SMARTS) is 1. The van der Waals surface area contributed by atoms with Gasteiger partial charge in [-0.15, -0.1) is 0 Å². The van der Waals surface area contributed by atoms with E-state index in [1.807, 2.05) is 6.92 Å². The lowest BCUT2D eigenvalue weighted by molar-refractivity contribution is -0.140. The predicted octanol–water partition coefficient (Wildman–Crippen LogP) is 3.42. The van der Waals surface area contributed by atoms with Gasteiger partial charge in [0, 0.05) is 18.5 Å². The van der Waals surface area contributed by atoms with Gasteiger partial charge < -0.3 is 15.1 Å².